The SMILES string of the molecule is C=CCC(C)(C)c1ccccc1C(=O)O. The van der Waals surface area contributed by atoms with Crippen molar-refractivity contribution in [2.24, 2.45) is 0 Å². The molecule has 0 radical (unpaired) electrons. The van der Waals surface area contributed by atoms with E-state index in [9.17, 15) is 4.79 Å². The third-order valence-corrected chi connectivity index (χ3v) is 2.54. The number of hydrogen-bond acceptors (Lipinski definition) is 1. The van der Waals surface area contributed by atoms with Crippen LogP contribution in [0.3, 0.4) is 0 Å². The summed E-state index contributed by atoms with van der Waals surface area (Å²) in [5.74, 6) is -0.872. The first-order valence-corrected chi connectivity index (χ1v) is 4.93. The lowest BCUT2D eigenvalue weighted by molar-refractivity contribution is 0.0694. The van der Waals surface area contributed by atoms with Crippen molar-refractivity contribution in [1.82, 2.24) is 0 Å². The predicted octanol–water partition coefficient (Wildman–Crippen LogP) is 3.24. The number of hydrogen-bond donors (Lipinski definition) is 1. The molecule has 80 valence electrons. The summed E-state index contributed by atoms with van der Waals surface area (Å²) < 4.78 is 0. The molecule has 15 heavy (non-hydrogen) atoms. The van der Waals surface area contributed by atoms with Gasteiger partial charge in [-0.15, -0.1) is 6.58 Å². The Hall–Kier alpha value is -1.57. The highest BCUT2D eigenvalue weighted by atomic mass is 16.4. The number of carboxylic acids is 1. The first-order valence-electron chi connectivity index (χ1n) is 4.93. The Labute approximate surface area is 90.3 Å². The zero-order valence-electron chi connectivity index (χ0n) is 9.16. The molecule has 0 amide bonds. The lowest BCUT2D eigenvalue weighted by Gasteiger charge is -2.25. The average Bonchev–Trinajstić information content (AvgIpc) is 2.17. The standard InChI is InChI=1S/C13H16O2/c1-4-9-13(2,3)11-8-6-5-7-10(11)12(14)15/h4-8H,1,9H2,2-3H3,(H,14,15). The quantitative estimate of drug-likeness (QED) is 0.764. The average molecular weight is 204 g/mol. The number of allylic oxidation sites excluding steroid dienone is 1. The molecule has 0 aromatic heterocycles. The van der Waals surface area contributed by atoms with Gasteiger partial charge >= 0.3 is 5.97 Å². The summed E-state index contributed by atoms with van der Waals surface area (Å²) in [6, 6.07) is 7.12. The minimum Gasteiger partial charge on any atom is -0.478 e. The van der Waals surface area contributed by atoms with E-state index in [4.69, 9.17) is 5.11 Å². The van der Waals surface area contributed by atoms with Crippen LogP contribution in [-0.2, 0) is 5.41 Å². The molecule has 1 N–H and O–H groups in total. The lowest BCUT2D eigenvalue weighted by atomic mass is 9.79. The highest BCUT2D eigenvalue weighted by Gasteiger charge is 2.24. The summed E-state index contributed by atoms with van der Waals surface area (Å²) in [5.41, 5.74) is 1.05. The largest absolute Gasteiger partial charge is 0.478 e. The minimum atomic E-state index is -0.872. The van der Waals surface area contributed by atoms with E-state index in [-0.39, 0.29) is 5.41 Å². The van der Waals surface area contributed by atoms with E-state index >= 15 is 0 Å². The monoisotopic (exact) mass is 204 g/mol. The second-order valence-electron chi connectivity index (χ2n) is 4.23. The highest BCUT2D eigenvalue weighted by Crippen LogP contribution is 2.29. The highest BCUT2D eigenvalue weighted by molar-refractivity contribution is 5.89. The van der Waals surface area contributed by atoms with E-state index in [1.807, 2.05) is 32.1 Å². The van der Waals surface area contributed by atoms with Gasteiger partial charge in [0.15, 0.2) is 0 Å². The summed E-state index contributed by atoms with van der Waals surface area (Å²) in [6.45, 7) is 7.75. The smallest absolute Gasteiger partial charge is 0.335 e. The summed E-state index contributed by atoms with van der Waals surface area (Å²) in [4.78, 5) is 11.0. The van der Waals surface area contributed by atoms with E-state index in [0.717, 1.165) is 12.0 Å². The van der Waals surface area contributed by atoms with Crippen LogP contribution in [0.5, 0.6) is 0 Å². The Morgan fingerprint density at radius 3 is 2.60 bits per heavy atom. The van der Waals surface area contributed by atoms with Crippen molar-refractivity contribution in [3.8, 4) is 0 Å². The van der Waals surface area contributed by atoms with Crippen LogP contribution in [0.4, 0.5) is 0 Å². The Morgan fingerprint density at radius 1 is 1.47 bits per heavy atom. The molecule has 0 aliphatic carbocycles. The van der Waals surface area contributed by atoms with Crippen LogP contribution < -0.4 is 0 Å². The van der Waals surface area contributed by atoms with Gasteiger partial charge in [-0.2, -0.15) is 0 Å². The molecule has 0 atom stereocenters. The van der Waals surface area contributed by atoms with Gasteiger partial charge in [-0.25, -0.2) is 4.79 Å². The van der Waals surface area contributed by atoms with Crippen molar-refractivity contribution in [3.05, 3.63) is 48.0 Å². The van der Waals surface area contributed by atoms with E-state index in [0.29, 0.717) is 5.56 Å². The van der Waals surface area contributed by atoms with E-state index < -0.39 is 5.97 Å². The van der Waals surface area contributed by atoms with Gasteiger partial charge in [0.05, 0.1) is 5.56 Å². The molecule has 0 unspecified atom stereocenters. The first-order chi connectivity index (χ1) is 6.99. The Balaban J connectivity index is 3.23. The van der Waals surface area contributed by atoms with Gasteiger partial charge < -0.3 is 5.11 Å². The molecule has 0 saturated carbocycles. The number of carboxylic acid groups (broad SMARTS) is 1. The van der Waals surface area contributed by atoms with E-state index in [1.165, 1.54) is 0 Å². The zero-order valence-corrected chi connectivity index (χ0v) is 9.16. The van der Waals surface area contributed by atoms with Crippen molar-refractivity contribution in [1.29, 1.82) is 0 Å². The minimum absolute atomic E-state index is 0.184. The molecule has 0 spiro atoms. The number of carbonyl (C=O) groups is 1. The van der Waals surface area contributed by atoms with Crippen molar-refractivity contribution >= 4 is 5.97 Å². The van der Waals surface area contributed by atoms with Gasteiger partial charge in [-0.1, -0.05) is 38.1 Å². The summed E-state index contributed by atoms with van der Waals surface area (Å²) in [6.07, 6.45) is 2.58. The molecular formula is C13H16O2. The summed E-state index contributed by atoms with van der Waals surface area (Å²) >= 11 is 0. The molecule has 0 aliphatic rings. The van der Waals surface area contributed by atoms with Crippen LogP contribution in [0.25, 0.3) is 0 Å². The predicted molar refractivity (Wildman–Crippen MR) is 61.2 cm³/mol. The molecule has 2 nitrogen and oxygen atoms in total. The van der Waals surface area contributed by atoms with Crippen LogP contribution in [0, 0.1) is 0 Å². The van der Waals surface area contributed by atoms with Crippen LogP contribution in [0.1, 0.15) is 36.2 Å². The fraction of sp³-hybridized carbons (Fsp3) is 0.308. The maximum Gasteiger partial charge on any atom is 0.335 e. The molecule has 1 rings (SSSR count). The fourth-order valence-corrected chi connectivity index (χ4v) is 1.73. The number of rotatable bonds is 4. The van der Waals surface area contributed by atoms with Gasteiger partial charge in [0, 0.05) is 0 Å². The van der Waals surface area contributed by atoms with Crippen molar-refractivity contribution in [2.75, 3.05) is 0 Å². The maximum absolute atomic E-state index is 11.0. The van der Waals surface area contributed by atoms with Gasteiger partial charge in [-0.3, -0.25) is 0 Å². The van der Waals surface area contributed by atoms with Gasteiger partial charge in [0.25, 0.3) is 0 Å². The van der Waals surface area contributed by atoms with Crippen molar-refractivity contribution in [3.63, 3.8) is 0 Å². The molecule has 0 heterocycles. The molecule has 0 saturated heterocycles. The van der Waals surface area contributed by atoms with Crippen molar-refractivity contribution in [2.45, 2.75) is 25.7 Å². The summed E-state index contributed by atoms with van der Waals surface area (Å²) in [7, 11) is 0. The van der Waals surface area contributed by atoms with Crippen LogP contribution in [-0.4, -0.2) is 11.1 Å². The number of aromatic carboxylic acids is 1. The summed E-state index contributed by atoms with van der Waals surface area (Å²) in [5, 5.41) is 9.07. The second-order valence-corrected chi connectivity index (χ2v) is 4.23. The maximum atomic E-state index is 11.0. The molecule has 0 aliphatic heterocycles. The third-order valence-electron chi connectivity index (χ3n) is 2.54. The Kier molecular flexibility index (Phi) is 3.30. The molecule has 0 fully saturated rings. The number of benzene rings is 1. The van der Waals surface area contributed by atoms with Crippen LogP contribution >= 0.6 is 0 Å². The van der Waals surface area contributed by atoms with Gasteiger partial charge in [0.1, 0.15) is 0 Å². The van der Waals surface area contributed by atoms with Gasteiger partial charge in [-0.05, 0) is 23.5 Å². The van der Waals surface area contributed by atoms with Gasteiger partial charge in [0.2, 0.25) is 0 Å². The molecule has 0 bridgehead atoms. The molecule has 2 heteroatoms. The Morgan fingerprint density at radius 2 is 2.07 bits per heavy atom. The van der Waals surface area contributed by atoms with E-state index in [1.54, 1.807) is 12.1 Å². The van der Waals surface area contributed by atoms with Crippen LogP contribution in [0.2, 0.25) is 0 Å². The second kappa shape index (κ2) is 4.30. The van der Waals surface area contributed by atoms with Crippen molar-refractivity contribution < 1.29 is 9.90 Å². The third kappa shape index (κ3) is 2.46. The lowest BCUT2D eigenvalue weighted by Crippen LogP contribution is -2.20. The molecule has 1 aromatic rings. The van der Waals surface area contributed by atoms with E-state index in [2.05, 4.69) is 6.58 Å². The fourth-order valence-electron chi connectivity index (χ4n) is 1.73. The Bertz CT molecular complexity index is 378. The topological polar surface area (TPSA) is 37.3 Å². The van der Waals surface area contributed by atoms with Crippen LogP contribution in [0.15, 0.2) is 36.9 Å². The first kappa shape index (κ1) is 11.5. The normalized spacial score (nSPS) is 11.1. The molecular weight excluding hydrogens is 188 g/mol. The molecule has 1 aromatic carbocycles. The zero-order chi connectivity index (χ0) is 11.5.